The molecular weight excluding hydrogens is 704 g/mol. The molecule has 0 atom stereocenters. The fourth-order valence-corrected chi connectivity index (χ4v) is 6.01. The Morgan fingerprint density at radius 2 is 1.32 bits per heavy atom. The number of ether oxygens (including phenoxy) is 2. The van der Waals surface area contributed by atoms with E-state index in [0.29, 0.717) is 35.1 Å². The highest BCUT2D eigenvalue weighted by molar-refractivity contribution is 6.34. The van der Waals surface area contributed by atoms with Crippen LogP contribution in [0.5, 0.6) is 40.2 Å². The third-order valence-corrected chi connectivity index (χ3v) is 8.95. The van der Waals surface area contributed by atoms with Crippen LogP contribution < -0.4 is 14.9 Å². The fraction of sp³-hybridized carbons (Fsp3) is 0.244. The first-order valence-corrected chi connectivity index (χ1v) is 16.7. The summed E-state index contributed by atoms with van der Waals surface area (Å²) in [6.07, 6.45) is 4.81. The topological polar surface area (TPSA) is 184 Å². The van der Waals surface area contributed by atoms with Crippen molar-refractivity contribution < 1.29 is 49.0 Å². The minimum absolute atomic E-state index is 0.0910. The van der Waals surface area contributed by atoms with Gasteiger partial charge in [-0.25, -0.2) is 0 Å². The van der Waals surface area contributed by atoms with Crippen molar-refractivity contribution in [3.63, 3.8) is 0 Å². The van der Waals surface area contributed by atoms with E-state index in [0.717, 1.165) is 16.7 Å². The van der Waals surface area contributed by atoms with Gasteiger partial charge in [0.25, 0.3) is 0 Å². The fourth-order valence-electron chi connectivity index (χ4n) is 5.86. The number of hydrogen-bond acceptors (Lipinski definition) is 11. The number of halogens is 1. The molecule has 5 aromatic rings. The van der Waals surface area contributed by atoms with E-state index < -0.39 is 28.6 Å². The molecule has 0 aliphatic rings. The molecule has 0 unspecified atom stereocenters. The monoisotopic (exact) mass is 744 g/mol. The average molecular weight is 745 g/mol. The first-order valence-electron chi connectivity index (χ1n) is 16.4. The average Bonchev–Trinajstić information content (AvgIpc) is 3.08. The van der Waals surface area contributed by atoms with Gasteiger partial charge in [0.1, 0.15) is 51.0 Å². The number of aromatic hydroxyl groups is 5. The number of phenolic OH excluding ortho intramolecular Hbond substituents is 5. The normalized spacial score (nSPS) is 10.7. The van der Waals surface area contributed by atoms with E-state index >= 15 is 0 Å². The Morgan fingerprint density at radius 3 is 1.89 bits per heavy atom. The zero-order chi connectivity index (χ0) is 39.5. The molecule has 0 bridgehead atoms. The lowest BCUT2D eigenvalue weighted by atomic mass is 9.89. The Balaban J connectivity index is 0.000000238. The van der Waals surface area contributed by atoms with Crippen LogP contribution in [-0.4, -0.2) is 51.8 Å². The molecule has 1 aromatic heterocycles. The minimum Gasteiger partial charge on any atom is -0.507 e. The van der Waals surface area contributed by atoms with E-state index in [2.05, 4.69) is 0 Å². The number of fused-ring (bicyclic) bond motifs is 2. The molecule has 0 aliphatic heterocycles. The van der Waals surface area contributed by atoms with E-state index in [4.69, 9.17) is 25.5 Å². The summed E-state index contributed by atoms with van der Waals surface area (Å²) in [5, 5.41) is 51.6. The number of ketones is 1. The van der Waals surface area contributed by atoms with Crippen molar-refractivity contribution in [1.82, 2.24) is 0 Å². The SMILES string of the molecule is COc1cc(O)c(C=O)c(C(=O)c2c(O)cc(C)c(Cl)c2O)c1CC=C(C)C.COc1cc(O)c2oc3cc(C)cc(O)c3c(=O)c2c1CC=C(C)C. The Labute approximate surface area is 310 Å². The summed E-state index contributed by atoms with van der Waals surface area (Å²) in [6.45, 7) is 11.0. The molecule has 278 valence electrons. The van der Waals surface area contributed by atoms with Crippen LogP contribution >= 0.6 is 11.6 Å². The zero-order valence-electron chi connectivity index (χ0n) is 30.6. The molecule has 0 saturated carbocycles. The van der Waals surface area contributed by atoms with Crippen molar-refractivity contribution in [2.45, 2.75) is 54.4 Å². The standard InChI is InChI=1S/C21H21ClO6.C20H20O5/c1-10(2)5-6-12-16(28-4)8-14(24)13(9-23)17(12)20(26)18-15(25)7-11(3)19(22)21(18)27;1-10(2)5-6-12-15(24-4)9-14(22)20-17(12)19(23)18-13(21)7-11(3)8-16(18)25-20/h5,7-9,24-25,27H,6H2,1-4H3;5,7-9,21-22H,6H2,1-4H3. The summed E-state index contributed by atoms with van der Waals surface area (Å²) in [4.78, 5) is 38.0. The summed E-state index contributed by atoms with van der Waals surface area (Å²) in [5.41, 5.74) is 3.20. The highest BCUT2D eigenvalue weighted by Gasteiger charge is 2.29. The van der Waals surface area contributed by atoms with E-state index in [1.165, 1.54) is 38.5 Å². The molecule has 12 heteroatoms. The maximum Gasteiger partial charge on any atom is 0.204 e. The third-order valence-electron chi connectivity index (χ3n) is 8.47. The number of carbonyl (C=O) groups is 2. The van der Waals surface area contributed by atoms with Gasteiger partial charge in [-0.15, -0.1) is 0 Å². The number of allylic oxidation sites excluding steroid dienone is 4. The Bertz CT molecular complexity index is 2390. The van der Waals surface area contributed by atoms with Gasteiger partial charge in [0.15, 0.2) is 17.6 Å². The number of methoxy groups -OCH3 is 2. The zero-order valence-corrected chi connectivity index (χ0v) is 31.4. The molecule has 4 aromatic carbocycles. The summed E-state index contributed by atoms with van der Waals surface area (Å²) in [6, 6.07) is 7.11. The molecule has 0 radical (unpaired) electrons. The summed E-state index contributed by atoms with van der Waals surface area (Å²) >= 11 is 6.03. The van der Waals surface area contributed by atoms with Crippen LogP contribution in [0.4, 0.5) is 0 Å². The summed E-state index contributed by atoms with van der Waals surface area (Å²) in [5.74, 6) is -2.11. The lowest BCUT2D eigenvalue weighted by Crippen LogP contribution is -2.12. The molecule has 0 amide bonds. The maximum absolute atomic E-state index is 13.3. The van der Waals surface area contributed by atoms with Gasteiger partial charge in [0.05, 0.1) is 30.2 Å². The first kappa shape index (κ1) is 39.8. The number of aldehydes is 1. The predicted molar refractivity (Wildman–Crippen MR) is 204 cm³/mol. The molecule has 53 heavy (non-hydrogen) atoms. The number of phenols is 5. The van der Waals surface area contributed by atoms with E-state index in [1.54, 1.807) is 19.9 Å². The van der Waals surface area contributed by atoms with Crippen LogP contribution in [0, 0.1) is 13.8 Å². The molecule has 1 heterocycles. The smallest absolute Gasteiger partial charge is 0.204 e. The molecule has 0 spiro atoms. The van der Waals surface area contributed by atoms with Crippen molar-refractivity contribution >= 4 is 45.6 Å². The van der Waals surface area contributed by atoms with Gasteiger partial charge in [-0.3, -0.25) is 14.4 Å². The minimum atomic E-state index is -0.856. The van der Waals surface area contributed by atoms with E-state index in [9.17, 15) is 39.9 Å². The molecule has 0 fully saturated rings. The van der Waals surface area contributed by atoms with E-state index in [1.807, 2.05) is 39.8 Å². The summed E-state index contributed by atoms with van der Waals surface area (Å²) in [7, 11) is 2.85. The number of benzene rings is 4. The number of hydrogen-bond donors (Lipinski definition) is 5. The van der Waals surface area contributed by atoms with Crippen LogP contribution in [0.25, 0.3) is 21.9 Å². The first-order chi connectivity index (χ1) is 25.0. The predicted octanol–water partition coefficient (Wildman–Crippen LogP) is 8.51. The van der Waals surface area contributed by atoms with Crippen molar-refractivity contribution in [3.05, 3.63) is 108 Å². The highest BCUT2D eigenvalue weighted by atomic mass is 35.5. The third kappa shape index (κ3) is 7.95. The second-order valence-electron chi connectivity index (χ2n) is 12.9. The molecule has 5 rings (SSSR count). The van der Waals surface area contributed by atoms with Crippen LogP contribution in [0.15, 0.2) is 62.8 Å². The van der Waals surface area contributed by atoms with Gasteiger partial charge < -0.3 is 39.4 Å². The van der Waals surface area contributed by atoms with Crippen molar-refractivity contribution in [3.8, 4) is 40.2 Å². The van der Waals surface area contributed by atoms with Gasteiger partial charge in [0, 0.05) is 28.8 Å². The highest BCUT2D eigenvalue weighted by Crippen LogP contribution is 2.42. The number of carbonyl (C=O) groups excluding carboxylic acids is 2. The lowest BCUT2D eigenvalue weighted by Gasteiger charge is -2.17. The van der Waals surface area contributed by atoms with Gasteiger partial charge in [-0.1, -0.05) is 34.9 Å². The molecular formula is C41H41ClO11. The lowest BCUT2D eigenvalue weighted by molar-refractivity contribution is 0.102. The van der Waals surface area contributed by atoms with Crippen LogP contribution in [0.3, 0.4) is 0 Å². The van der Waals surface area contributed by atoms with E-state index in [-0.39, 0.29) is 67.2 Å². The van der Waals surface area contributed by atoms with Gasteiger partial charge >= 0.3 is 0 Å². The Hall–Kier alpha value is -5.94. The van der Waals surface area contributed by atoms with Gasteiger partial charge in [0.2, 0.25) is 11.2 Å². The second kappa shape index (κ2) is 16.2. The largest absolute Gasteiger partial charge is 0.507 e. The quantitative estimate of drug-likeness (QED) is 0.0422. The summed E-state index contributed by atoms with van der Waals surface area (Å²) < 4.78 is 16.4. The van der Waals surface area contributed by atoms with Crippen LogP contribution in [0.1, 0.15) is 76.2 Å². The maximum atomic E-state index is 13.3. The molecule has 11 nitrogen and oxygen atoms in total. The van der Waals surface area contributed by atoms with Crippen LogP contribution in [-0.2, 0) is 12.8 Å². The van der Waals surface area contributed by atoms with Crippen molar-refractivity contribution in [1.29, 1.82) is 0 Å². The van der Waals surface area contributed by atoms with Gasteiger partial charge in [-0.2, -0.15) is 0 Å². The molecule has 5 N–H and O–H groups in total. The van der Waals surface area contributed by atoms with Crippen molar-refractivity contribution in [2.24, 2.45) is 0 Å². The second-order valence-corrected chi connectivity index (χ2v) is 13.3. The number of rotatable bonds is 9. The van der Waals surface area contributed by atoms with Crippen LogP contribution in [0.2, 0.25) is 5.02 Å². The number of aryl methyl sites for hydroxylation is 2. The Kier molecular flexibility index (Phi) is 12.2. The van der Waals surface area contributed by atoms with Crippen molar-refractivity contribution in [2.75, 3.05) is 14.2 Å². The Morgan fingerprint density at radius 1 is 0.755 bits per heavy atom. The van der Waals surface area contributed by atoms with Gasteiger partial charge in [-0.05, 0) is 83.7 Å². The molecule has 0 saturated heterocycles. The molecule has 0 aliphatic carbocycles.